The van der Waals surface area contributed by atoms with E-state index < -0.39 is 29.7 Å². The molecule has 3 aromatic carbocycles. The van der Waals surface area contributed by atoms with E-state index in [2.05, 4.69) is 60.7 Å². The summed E-state index contributed by atoms with van der Waals surface area (Å²) < 4.78 is 6.46. The van der Waals surface area contributed by atoms with Gasteiger partial charge in [0.2, 0.25) is 11.8 Å². The van der Waals surface area contributed by atoms with Crippen LogP contribution in [-0.4, -0.2) is 94.6 Å². The summed E-state index contributed by atoms with van der Waals surface area (Å²) >= 11 is 6.28. The van der Waals surface area contributed by atoms with Gasteiger partial charge in [-0.2, -0.15) is 5.26 Å². The maximum Gasteiger partial charge on any atom is 0.264 e. The van der Waals surface area contributed by atoms with E-state index in [1.165, 1.54) is 0 Å². The number of anilines is 1. The number of nitrogens with one attached hydrogen (secondary N) is 1. The highest BCUT2D eigenvalue weighted by Gasteiger charge is 2.67. The molecule has 57 heavy (non-hydrogen) atoms. The number of amides is 5. The molecule has 1 saturated carbocycles. The summed E-state index contributed by atoms with van der Waals surface area (Å²) in [6.45, 7) is 12.1. The fourth-order valence-corrected chi connectivity index (χ4v) is 10.6. The van der Waals surface area contributed by atoms with Gasteiger partial charge in [0.15, 0.2) is 0 Å². The lowest BCUT2D eigenvalue weighted by Gasteiger charge is -2.65. The average molecular weight is 785 g/mol. The van der Waals surface area contributed by atoms with Crippen LogP contribution in [0.4, 0.5) is 5.69 Å². The number of carbonyl (C=O) groups excluding carboxylic acids is 5. The summed E-state index contributed by atoms with van der Waals surface area (Å²) in [7, 11) is 0. The minimum absolute atomic E-state index is 0.0165. The predicted molar refractivity (Wildman–Crippen MR) is 209 cm³/mol. The molecule has 0 bridgehead atoms. The van der Waals surface area contributed by atoms with E-state index >= 15 is 0 Å². The Morgan fingerprint density at radius 2 is 1.63 bits per heavy atom. The van der Waals surface area contributed by atoms with Crippen molar-refractivity contribution in [3.63, 3.8) is 0 Å². The number of nitrogens with zero attached hydrogens (tertiary/aromatic N) is 5. The van der Waals surface area contributed by atoms with Crippen LogP contribution in [0.5, 0.6) is 5.75 Å². The summed E-state index contributed by atoms with van der Waals surface area (Å²) in [5.74, 6) is 5.61. The number of imide groups is 2. The lowest BCUT2D eigenvalue weighted by Crippen LogP contribution is -2.74. The molecule has 1 unspecified atom stereocenters. The average Bonchev–Trinajstić information content (AvgIpc) is 3.57. The van der Waals surface area contributed by atoms with Gasteiger partial charge in [0.05, 0.1) is 27.4 Å². The zero-order valence-corrected chi connectivity index (χ0v) is 32.9. The van der Waals surface area contributed by atoms with Crippen LogP contribution in [0, 0.1) is 39.9 Å². The van der Waals surface area contributed by atoms with Gasteiger partial charge in [-0.25, -0.2) is 0 Å². The van der Waals surface area contributed by atoms with E-state index in [0.29, 0.717) is 58.8 Å². The molecule has 5 heterocycles. The van der Waals surface area contributed by atoms with Gasteiger partial charge >= 0.3 is 0 Å². The van der Waals surface area contributed by atoms with Crippen LogP contribution < -0.4 is 15.0 Å². The number of benzene rings is 3. The van der Waals surface area contributed by atoms with Crippen LogP contribution in [-0.2, 0) is 16.1 Å². The van der Waals surface area contributed by atoms with Crippen molar-refractivity contribution < 1.29 is 28.7 Å². The maximum absolute atomic E-state index is 13.8. The Morgan fingerprint density at radius 1 is 0.877 bits per heavy atom. The maximum atomic E-state index is 13.8. The molecule has 0 aromatic heterocycles. The number of nitriles is 1. The smallest absolute Gasteiger partial charge is 0.264 e. The highest BCUT2D eigenvalue weighted by Crippen LogP contribution is 2.59. The Balaban J connectivity index is 0.799. The van der Waals surface area contributed by atoms with Gasteiger partial charge in [-0.05, 0) is 54.4 Å². The normalized spacial score (nSPS) is 25.1. The fraction of sp³-hybridized carbons (Fsp3) is 0.409. The van der Waals surface area contributed by atoms with Crippen LogP contribution >= 0.6 is 11.6 Å². The number of hydrogen-bond donors (Lipinski definition) is 1. The quantitative estimate of drug-likeness (QED) is 0.280. The summed E-state index contributed by atoms with van der Waals surface area (Å²) in [5.41, 5.74) is 3.54. The predicted octanol–water partition coefficient (Wildman–Crippen LogP) is 4.62. The molecule has 1 N–H and O–H groups in total. The summed E-state index contributed by atoms with van der Waals surface area (Å²) in [5, 5.41) is 11.8. The Bertz CT molecular complexity index is 2400. The molecule has 290 valence electrons. The number of ether oxygens (including phenoxy) is 1. The van der Waals surface area contributed by atoms with Gasteiger partial charge in [-0.15, -0.1) is 0 Å². The molecule has 9 rings (SSSR count). The van der Waals surface area contributed by atoms with Crippen molar-refractivity contribution in [2.24, 2.45) is 16.7 Å². The third kappa shape index (κ3) is 5.80. The van der Waals surface area contributed by atoms with E-state index in [1.54, 1.807) is 30.3 Å². The molecule has 1 atom stereocenters. The zero-order chi connectivity index (χ0) is 40.1. The minimum atomic E-state index is -0.995. The van der Waals surface area contributed by atoms with Crippen LogP contribution in [0.25, 0.3) is 0 Å². The molecular weight excluding hydrogens is 744 g/mol. The monoisotopic (exact) mass is 784 g/mol. The third-order valence-corrected chi connectivity index (χ3v) is 13.1. The van der Waals surface area contributed by atoms with Crippen molar-refractivity contribution in [2.75, 3.05) is 31.1 Å². The largest absolute Gasteiger partial charge is 0.489 e. The molecule has 13 heteroatoms. The third-order valence-electron chi connectivity index (χ3n) is 12.8. The first-order chi connectivity index (χ1) is 27.2. The lowest BCUT2D eigenvalue weighted by atomic mass is 9.49. The molecule has 4 fully saturated rings. The molecule has 0 spiro atoms. The molecule has 5 amide bonds. The molecule has 3 saturated heterocycles. The number of piperidine rings is 1. The van der Waals surface area contributed by atoms with Crippen molar-refractivity contribution in [3.05, 3.63) is 93.0 Å². The highest BCUT2D eigenvalue weighted by atomic mass is 35.5. The van der Waals surface area contributed by atoms with Gasteiger partial charge in [-0.3, -0.25) is 39.1 Å². The lowest BCUT2D eigenvalue weighted by molar-refractivity contribution is -0.199. The molecule has 5 aliphatic heterocycles. The molecule has 1 aliphatic carbocycles. The summed E-state index contributed by atoms with van der Waals surface area (Å²) in [6.07, 6.45) is 0.0123. The Kier molecular flexibility index (Phi) is 8.54. The first-order valence-electron chi connectivity index (χ1n) is 19.3. The SMILES string of the molecule is CC1(C)C(Oc2ccc(C#N)c(Cl)c2)C(C)(C)C1N1Cc2cc(C#CC3CN(C4CN(c5cccc6c5C(=O)N(C5CCC(=O)NC5=O)C6=O)C4)C3)ccc2C1=O. The van der Waals surface area contributed by atoms with Crippen molar-refractivity contribution >= 4 is 46.8 Å². The summed E-state index contributed by atoms with van der Waals surface area (Å²) in [4.78, 5) is 72.3. The van der Waals surface area contributed by atoms with Gasteiger partial charge < -0.3 is 14.5 Å². The van der Waals surface area contributed by atoms with Gasteiger partial charge in [0.25, 0.3) is 17.7 Å². The Hall–Kier alpha value is -5.69. The molecular formula is C44H41ClN6O6. The van der Waals surface area contributed by atoms with Crippen molar-refractivity contribution in [1.82, 2.24) is 20.0 Å². The van der Waals surface area contributed by atoms with E-state index in [4.69, 9.17) is 16.3 Å². The van der Waals surface area contributed by atoms with Crippen molar-refractivity contribution in [2.45, 2.75) is 71.3 Å². The number of fused-ring (bicyclic) bond motifs is 2. The second-order valence-corrected chi connectivity index (χ2v) is 17.6. The van der Waals surface area contributed by atoms with E-state index in [-0.39, 0.29) is 53.2 Å². The Morgan fingerprint density at radius 3 is 2.33 bits per heavy atom. The molecule has 12 nitrogen and oxygen atoms in total. The standard InChI is InChI=1S/C44H41ClN6O6/c1-43(2)41(44(3,4)42(43)57-29-12-11-26(18-46)32(45)17-29)50-21-27-16-24(10-13-30(27)38(50)54)8-9-25-19-48(20-25)28-22-49(23-28)33-7-5-6-31-36(33)40(56)51(39(31)55)34-14-15-35(52)47-37(34)53/h5-7,10-13,16-17,25,28,34,41-42H,14-15,19-23H2,1-4H3,(H,47,52,53). The van der Waals surface area contributed by atoms with Gasteiger partial charge in [-0.1, -0.05) is 57.2 Å². The van der Waals surface area contributed by atoms with Crippen LogP contribution in [0.3, 0.4) is 0 Å². The molecule has 0 radical (unpaired) electrons. The van der Waals surface area contributed by atoms with Crippen LogP contribution in [0.15, 0.2) is 54.6 Å². The number of carbonyl (C=O) groups is 5. The molecule has 3 aromatic rings. The van der Waals surface area contributed by atoms with Gasteiger partial charge in [0.1, 0.15) is 24.0 Å². The Labute approximate surface area is 335 Å². The molecule has 6 aliphatic rings. The van der Waals surface area contributed by atoms with E-state index in [1.807, 2.05) is 29.2 Å². The second kappa shape index (κ2) is 13.2. The minimum Gasteiger partial charge on any atom is -0.489 e. The topological polar surface area (TPSA) is 143 Å². The number of halogens is 1. The fourth-order valence-electron chi connectivity index (χ4n) is 10.4. The van der Waals surface area contributed by atoms with Crippen LogP contribution in [0.2, 0.25) is 5.02 Å². The van der Waals surface area contributed by atoms with Crippen LogP contribution in [0.1, 0.15) is 88.3 Å². The first kappa shape index (κ1) is 36.9. The number of rotatable bonds is 6. The highest BCUT2D eigenvalue weighted by molar-refractivity contribution is 6.31. The summed E-state index contributed by atoms with van der Waals surface area (Å²) in [6, 6.07) is 17.5. The zero-order valence-electron chi connectivity index (χ0n) is 32.1. The number of likely N-dealkylation sites (tertiary alicyclic amines) is 1. The number of hydrogen-bond acceptors (Lipinski definition) is 9. The second-order valence-electron chi connectivity index (χ2n) is 17.2. The van der Waals surface area contributed by atoms with E-state index in [9.17, 15) is 29.2 Å². The first-order valence-corrected chi connectivity index (χ1v) is 19.7. The van der Waals surface area contributed by atoms with Crippen molar-refractivity contribution in [1.29, 1.82) is 5.26 Å². The van der Waals surface area contributed by atoms with Crippen molar-refractivity contribution in [3.8, 4) is 23.7 Å². The van der Waals surface area contributed by atoms with E-state index in [0.717, 1.165) is 29.1 Å². The van der Waals surface area contributed by atoms with Gasteiger partial charge in [0, 0.05) is 85.2 Å².